The van der Waals surface area contributed by atoms with Crippen molar-refractivity contribution in [1.82, 2.24) is 15.5 Å². The average Bonchev–Trinajstić information content (AvgIpc) is 3.13. The number of urea groups is 1. The summed E-state index contributed by atoms with van der Waals surface area (Å²) in [5.74, 6) is -0.482. The summed E-state index contributed by atoms with van der Waals surface area (Å²) in [4.78, 5) is 43.7. The van der Waals surface area contributed by atoms with Gasteiger partial charge in [-0.05, 0) is 67.0 Å². The summed E-state index contributed by atoms with van der Waals surface area (Å²) in [5, 5.41) is 7.40. The Balaban J connectivity index is 1.40. The molecule has 1 saturated heterocycles. The van der Waals surface area contributed by atoms with E-state index in [1.165, 1.54) is 35.0 Å². The predicted molar refractivity (Wildman–Crippen MR) is 163 cm³/mol. The fraction of sp³-hybridized carbons (Fsp3) is 0.161. The highest BCUT2D eigenvalue weighted by molar-refractivity contribution is 8.15. The van der Waals surface area contributed by atoms with Crippen molar-refractivity contribution in [2.24, 2.45) is 4.99 Å². The lowest BCUT2D eigenvalue weighted by atomic mass is 10.1. The number of thioether (sulfide) groups is 1. The molecule has 11 heteroatoms. The zero-order valence-electron chi connectivity index (χ0n) is 22.7. The molecule has 1 unspecified atom stereocenters. The fourth-order valence-electron chi connectivity index (χ4n) is 3.88. The topological polar surface area (TPSA) is 112 Å². The van der Waals surface area contributed by atoms with Crippen molar-refractivity contribution in [3.05, 3.63) is 121 Å². The van der Waals surface area contributed by atoms with Gasteiger partial charge in [0.25, 0.3) is 0 Å². The molecule has 0 spiro atoms. The van der Waals surface area contributed by atoms with Crippen LogP contribution >= 0.6 is 11.8 Å². The van der Waals surface area contributed by atoms with E-state index in [-0.39, 0.29) is 19.0 Å². The molecule has 4 rings (SSSR count). The molecule has 2 aromatic rings. The number of nitrogens with one attached hydrogen (secondary N) is 3. The van der Waals surface area contributed by atoms with Crippen LogP contribution < -0.4 is 16.0 Å². The smallest absolute Gasteiger partial charge is 0.319 e. The molecule has 3 N–H and O–H groups in total. The first-order valence-electron chi connectivity index (χ1n) is 13.1. The molecular formula is C31H30FN5O4S. The number of nitrogens with zero attached hydrogens (tertiary/aromatic N) is 2. The summed E-state index contributed by atoms with van der Waals surface area (Å²) >= 11 is 1.22. The molecule has 2 aromatic carbocycles. The lowest BCUT2D eigenvalue weighted by Crippen LogP contribution is -2.37. The van der Waals surface area contributed by atoms with E-state index >= 15 is 0 Å². The van der Waals surface area contributed by atoms with Gasteiger partial charge in [0, 0.05) is 11.9 Å². The lowest BCUT2D eigenvalue weighted by Gasteiger charge is -2.18. The molecular weight excluding hydrogens is 557 g/mol. The van der Waals surface area contributed by atoms with Gasteiger partial charge in [0.15, 0.2) is 5.17 Å². The number of halogens is 1. The Morgan fingerprint density at radius 2 is 2.00 bits per heavy atom. The van der Waals surface area contributed by atoms with Crippen molar-refractivity contribution in [1.29, 1.82) is 0 Å². The van der Waals surface area contributed by atoms with Crippen LogP contribution in [-0.4, -0.2) is 46.3 Å². The van der Waals surface area contributed by atoms with E-state index in [9.17, 15) is 18.8 Å². The van der Waals surface area contributed by atoms with Gasteiger partial charge >= 0.3 is 6.03 Å². The van der Waals surface area contributed by atoms with Crippen LogP contribution in [0.15, 0.2) is 120 Å². The van der Waals surface area contributed by atoms with E-state index in [2.05, 4.69) is 27.5 Å². The van der Waals surface area contributed by atoms with Crippen LogP contribution in [0.25, 0.3) is 0 Å². The maximum atomic E-state index is 13.8. The largest absolute Gasteiger partial charge is 0.468 e. The van der Waals surface area contributed by atoms with Crippen molar-refractivity contribution in [2.45, 2.75) is 18.1 Å². The Bertz CT molecular complexity index is 1470. The fourth-order valence-corrected chi connectivity index (χ4v) is 5.06. The van der Waals surface area contributed by atoms with Crippen LogP contribution in [-0.2, 0) is 14.3 Å². The maximum Gasteiger partial charge on any atom is 0.319 e. The first-order valence-corrected chi connectivity index (χ1v) is 14.0. The third-order valence-electron chi connectivity index (χ3n) is 5.92. The molecule has 0 saturated carbocycles. The molecule has 1 atom stereocenters. The van der Waals surface area contributed by atoms with E-state index in [1.54, 1.807) is 60.9 Å². The van der Waals surface area contributed by atoms with Crippen LogP contribution in [0.3, 0.4) is 0 Å². The third-order valence-corrected chi connectivity index (χ3v) is 7.15. The number of carbonyl (C=O) groups is 3. The summed E-state index contributed by atoms with van der Waals surface area (Å²) in [5.41, 5.74) is 1.57. The number of anilines is 1. The van der Waals surface area contributed by atoms with Gasteiger partial charge in [-0.25, -0.2) is 14.2 Å². The molecule has 42 heavy (non-hydrogen) atoms. The van der Waals surface area contributed by atoms with E-state index in [0.29, 0.717) is 27.9 Å². The van der Waals surface area contributed by atoms with Crippen LogP contribution in [0.2, 0.25) is 0 Å². The van der Waals surface area contributed by atoms with Gasteiger partial charge in [0.1, 0.15) is 16.8 Å². The highest BCUT2D eigenvalue weighted by atomic mass is 32.2. The number of carbonyl (C=O) groups excluding carboxylic acids is 3. The number of amidine groups is 1. The van der Waals surface area contributed by atoms with Crippen molar-refractivity contribution in [2.75, 3.05) is 18.4 Å². The van der Waals surface area contributed by atoms with Gasteiger partial charge in [0.2, 0.25) is 11.8 Å². The number of aliphatic imine (C=N–C) groups is 1. The molecule has 2 aliphatic rings. The Labute approximate surface area is 247 Å². The monoisotopic (exact) mass is 587 g/mol. The van der Waals surface area contributed by atoms with E-state index in [1.807, 2.05) is 18.2 Å². The van der Waals surface area contributed by atoms with Crippen molar-refractivity contribution >= 4 is 46.1 Å². The SMILES string of the molecule is C=C/C(=C\C=C\NC(=O)CNC(=O)Nc1ccccc1)C1SC(=Nc2cccc(F)c2)N(CC2=CCCC=CO2)C1=O. The number of para-hydroxylation sites is 1. The van der Waals surface area contributed by atoms with Crippen LogP contribution in [0.1, 0.15) is 12.8 Å². The number of hydrogen-bond donors (Lipinski definition) is 3. The molecule has 0 bridgehead atoms. The van der Waals surface area contributed by atoms with Crippen molar-refractivity contribution in [3.8, 4) is 0 Å². The molecule has 4 amide bonds. The number of benzene rings is 2. The Morgan fingerprint density at radius 3 is 2.79 bits per heavy atom. The summed E-state index contributed by atoms with van der Waals surface area (Å²) in [6.07, 6.45) is 13.3. The van der Waals surface area contributed by atoms with E-state index in [4.69, 9.17) is 4.74 Å². The summed E-state index contributed by atoms with van der Waals surface area (Å²) in [6.45, 7) is 3.78. The Morgan fingerprint density at radius 1 is 1.17 bits per heavy atom. The zero-order chi connectivity index (χ0) is 29.7. The number of amides is 4. The number of rotatable bonds is 10. The number of hydrogen-bond acceptors (Lipinski definition) is 6. The summed E-state index contributed by atoms with van der Waals surface area (Å²) < 4.78 is 19.5. The average molecular weight is 588 g/mol. The maximum absolute atomic E-state index is 13.8. The predicted octanol–water partition coefficient (Wildman–Crippen LogP) is 5.53. The zero-order valence-corrected chi connectivity index (χ0v) is 23.5. The van der Waals surface area contributed by atoms with Gasteiger partial charge in [-0.3, -0.25) is 14.5 Å². The molecule has 2 heterocycles. The Kier molecular flexibility index (Phi) is 10.9. The molecule has 0 radical (unpaired) electrons. The van der Waals surface area contributed by atoms with Gasteiger partial charge in [-0.2, -0.15) is 0 Å². The molecule has 0 aromatic heterocycles. The second-order valence-electron chi connectivity index (χ2n) is 9.01. The standard InChI is InChI=1S/C31H30FN5O4S/c1-2-22(11-10-17-33-27(38)20-34-30(40)35-24-13-5-3-6-14-24)28-29(39)37(21-26-16-7-4-8-18-41-26)31(42-28)36-25-15-9-12-23(32)19-25/h2-3,5-6,8-19,28H,1,4,7,20-21H2,(H,33,38)(H2,34,35,40)/b17-10+,22-11+,36-31?. The molecule has 9 nitrogen and oxygen atoms in total. The summed E-state index contributed by atoms with van der Waals surface area (Å²) in [7, 11) is 0. The molecule has 2 aliphatic heterocycles. The van der Waals surface area contributed by atoms with Crippen molar-refractivity contribution < 1.29 is 23.5 Å². The summed E-state index contributed by atoms with van der Waals surface area (Å²) in [6, 6.07) is 14.2. The molecule has 0 aliphatic carbocycles. The minimum absolute atomic E-state index is 0.169. The van der Waals surface area contributed by atoms with Crippen LogP contribution in [0, 0.1) is 5.82 Å². The first-order chi connectivity index (χ1) is 20.4. The van der Waals surface area contributed by atoms with E-state index < -0.39 is 23.0 Å². The second-order valence-corrected chi connectivity index (χ2v) is 10.1. The van der Waals surface area contributed by atoms with Gasteiger partial charge in [-0.15, -0.1) is 0 Å². The second kappa shape index (κ2) is 15.2. The minimum Gasteiger partial charge on any atom is -0.468 e. The van der Waals surface area contributed by atoms with Crippen LogP contribution in [0.5, 0.6) is 0 Å². The quantitative estimate of drug-likeness (QED) is 0.317. The normalized spacial score (nSPS) is 17.9. The highest BCUT2D eigenvalue weighted by Crippen LogP contribution is 2.35. The first kappa shape index (κ1) is 30.1. The molecule has 1 fully saturated rings. The van der Waals surface area contributed by atoms with Crippen LogP contribution in [0.4, 0.5) is 20.6 Å². The third kappa shape index (κ3) is 8.80. The van der Waals surface area contributed by atoms with Gasteiger partial charge < -0.3 is 20.7 Å². The minimum atomic E-state index is -0.666. The van der Waals surface area contributed by atoms with Crippen molar-refractivity contribution in [3.63, 3.8) is 0 Å². The van der Waals surface area contributed by atoms with E-state index in [0.717, 1.165) is 12.8 Å². The van der Waals surface area contributed by atoms with Gasteiger partial charge in [0.05, 0.1) is 25.0 Å². The van der Waals surface area contributed by atoms with Gasteiger partial charge in [-0.1, -0.05) is 54.8 Å². The highest BCUT2D eigenvalue weighted by Gasteiger charge is 2.40. The Hall–Kier alpha value is -4.90. The lowest BCUT2D eigenvalue weighted by molar-refractivity contribution is -0.125. The number of allylic oxidation sites excluding steroid dienone is 5. The number of ether oxygens (including phenoxy) is 1. The molecule has 216 valence electrons.